The molecule has 0 aromatic heterocycles. The molecule has 0 saturated carbocycles. The summed E-state index contributed by atoms with van der Waals surface area (Å²) in [7, 11) is 0. The van der Waals surface area contributed by atoms with E-state index >= 15 is 0 Å². The van der Waals surface area contributed by atoms with Crippen molar-refractivity contribution in [3.05, 3.63) is 27.8 Å². The van der Waals surface area contributed by atoms with E-state index < -0.39 is 0 Å². The molecule has 0 atom stereocenters. The van der Waals surface area contributed by atoms with Gasteiger partial charge in [0.25, 0.3) is 5.91 Å². The Morgan fingerprint density at radius 2 is 2.06 bits per heavy atom. The van der Waals surface area contributed by atoms with Crippen molar-refractivity contribution < 1.29 is 9.53 Å². The lowest BCUT2D eigenvalue weighted by molar-refractivity contribution is -0.133. The van der Waals surface area contributed by atoms with E-state index in [0.717, 1.165) is 35.5 Å². The second-order valence-corrected chi connectivity index (χ2v) is 5.01. The third kappa shape index (κ3) is 3.57. The molecule has 0 aliphatic carbocycles. The molecule has 1 N–H and O–H groups in total. The maximum atomic E-state index is 11.9. The van der Waals surface area contributed by atoms with E-state index in [-0.39, 0.29) is 12.5 Å². The molecular formula is C12H15IN2O2. The van der Waals surface area contributed by atoms with Gasteiger partial charge in [0.2, 0.25) is 0 Å². The summed E-state index contributed by atoms with van der Waals surface area (Å²) < 4.78 is 6.56. The Morgan fingerprint density at radius 1 is 1.35 bits per heavy atom. The summed E-state index contributed by atoms with van der Waals surface area (Å²) in [5.74, 6) is 0.836. The highest BCUT2D eigenvalue weighted by Gasteiger charge is 2.16. The molecule has 0 bridgehead atoms. The summed E-state index contributed by atoms with van der Waals surface area (Å²) in [5.41, 5.74) is 0. The van der Waals surface area contributed by atoms with Crippen molar-refractivity contribution in [1.82, 2.24) is 10.2 Å². The first-order chi connectivity index (χ1) is 8.27. The molecule has 1 saturated heterocycles. The smallest absolute Gasteiger partial charge is 0.260 e. The normalized spacial score (nSPS) is 15.7. The summed E-state index contributed by atoms with van der Waals surface area (Å²) in [5, 5.41) is 3.22. The Hall–Kier alpha value is -0.820. The molecule has 5 heteroatoms. The molecule has 17 heavy (non-hydrogen) atoms. The molecule has 0 spiro atoms. The minimum absolute atomic E-state index is 0.0613. The minimum Gasteiger partial charge on any atom is -0.483 e. The van der Waals surface area contributed by atoms with Crippen LogP contribution in [-0.4, -0.2) is 43.6 Å². The number of nitrogens with one attached hydrogen (secondary N) is 1. The van der Waals surface area contributed by atoms with Gasteiger partial charge in [0.1, 0.15) is 5.75 Å². The summed E-state index contributed by atoms with van der Waals surface area (Å²) in [6, 6.07) is 7.71. The topological polar surface area (TPSA) is 41.6 Å². The highest BCUT2D eigenvalue weighted by atomic mass is 127. The van der Waals surface area contributed by atoms with Gasteiger partial charge < -0.3 is 15.0 Å². The molecule has 1 amide bonds. The quantitative estimate of drug-likeness (QED) is 0.834. The van der Waals surface area contributed by atoms with Gasteiger partial charge in [0.05, 0.1) is 3.57 Å². The van der Waals surface area contributed by atoms with E-state index in [0.29, 0.717) is 0 Å². The number of hydrogen-bond acceptors (Lipinski definition) is 3. The van der Waals surface area contributed by atoms with Gasteiger partial charge in [-0.1, -0.05) is 12.1 Å². The van der Waals surface area contributed by atoms with Gasteiger partial charge in [0, 0.05) is 26.2 Å². The third-order valence-corrected chi connectivity index (χ3v) is 3.55. The van der Waals surface area contributed by atoms with Crippen LogP contribution < -0.4 is 10.1 Å². The van der Waals surface area contributed by atoms with E-state index in [1.807, 2.05) is 29.2 Å². The van der Waals surface area contributed by atoms with Crippen molar-refractivity contribution in [1.29, 1.82) is 0 Å². The molecule has 1 aliphatic heterocycles. The average molecular weight is 346 g/mol. The molecule has 0 radical (unpaired) electrons. The van der Waals surface area contributed by atoms with Crippen molar-refractivity contribution >= 4 is 28.5 Å². The number of halogens is 1. The van der Waals surface area contributed by atoms with Crippen molar-refractivity contribution in [2.45, 2.75) is 0 Å². The number of piperazine rings is 1. The Morgan fingerprint density at radius 3 is 2.76 bits per heavy atom. The van der Waals surface area contributed by atoms with E-state index in [4.69, 9.17) is 4.74 Å². The van der Waals surface area contributed by atoms with E-state index in [9.17, 15) is 4.79 Å². The summed E-state index contributed by atoms with van der Waals surface area (Å²) in [4.78, 5) is 13.7. The maximum absolute atomic E-state index is 11.9. The van der Waals surface area contributed by atoms with Crippen LogP contribution in [-0.2, 0) is 4.79 Å². The molecule has 1 aromatic rings. The van der Waals surface area contributed by atoms with Crippen molar-refractivity contribution in [3.8, 4) is 5.75 Å². The molecular weight excluding hydrogens is 331 g/mol. The molecule has 1 fully saturated rings. The summed E-state index contributed by atoms with van der Waals surface area (Å²) in [6.45, 7) is 3.41. The Kier molecular flexibility index (Phi) is 4.61. The zero-order valence-corrected chi connectivity index (χ0v) is 11.6. The number of benzene rings is 1. The van der Waals surface area contributed by atoms with Crippen LogP contribution in [0.5, 0.6) is 5.75 Å². The highest BCUT2D eigenvalue weighted by Crippen LogP contribution is 2.19. The van der Waals surface area contributed by atoms with Crippen LogP contribution in [0.4, 0.5) is 0 Å². The number of carbonyl (C=O) groups excluding carboxylic acids is 1. The van der Waals surface area contributed by atoms with Crippen LogP contribution in [0.25, 0.3) is 0 Å². The fraction of sp³-hybridized carbons (Fsp3) is 0.417. The first kappa shape index (κ1) is 12.6. The van der Waals surface area contributed by atoms with Gasteiger partial charge >= 0.3 is 0 Å². The van der Waals surface area contributed by atoms with Crippen molar-refractivity contribution in [2.24, 2.45) is 0 Å². The number of nitrogens with zero attached hydrogens (tertiary/aromatic N) is 1. The lowest BCUT2D eigenvalue weighted by atomic mass is 10.3. The molecule has 92 valence electrons. The Labute approximate surface area is 114 Å². The number of carbonyl (C=O) groups is 1. The Bertz CT molecular complexity index is 392. The lowest BCUT2D eigenvalue weighted by Gasteiger charge is -2.27. The van der Waals surface area contributed by atoms with Crippen LogP contribution >= 0.6 is 22.6 Å². The van der Waals surface area contributed by atoms with E-state index in [1.165, 1.54) is 0 Å². The maximum Gasteiger partial charge on any atom is 0.260 e. The standard InChI is InChI=1S/C12H15IN2O2/c13-10-3-1-2-4-11(10)17-9-12(16)15-7-5-14-6-8-15/h1-4,14H,5-9H2. The van der Waals surface area contributed by atoms with E-state index in [2.05, 4.69) is 27.9 Å². The summed E-state index contributed by atoms with van der Waals surface area (Å²) >= 11 is 2.20. The van der Waals surface area contributed by atoms with Crippen molar-refractivity contribution in [2.75, 3.05) is 32.8 Å². The molecule has 2 rings (SSSR count). The zero-order chi connectivity index (χ0) is 12.1. The number of ether oxygens (including phenoxy) is 1. The molecule has 0 unspecified atom stereocenters. The van der Waals surface area contributed by atoms with Gasteiger partial charge in [-0.3, -0.25) is 4.79 Å². The average Bonchev–Trinajstić information content (AvgIpc) is 2.38. The molecule has 1 aliphatic rings. The SMILES string of the molecule is O=C(COc1ccccc1I)N1CCNCC1. The number of hydrogen-bond donors (Lipinski definition) is 1. The largest absolute Gasteiger partial charge is 0.483 e. The number of para-hydroxylation sites is 1. The van der Waals surface area contributed by atoms with Gasteiger partial charge in [-0.25, -0.2) is 0 Å². The van der Waals surface area contributed by atoms with Gasteiger partial charge in [-0.2, -0.15) is 0 Å². The van der Waals surface area contributed by atoms with Gasteiger partial charge in [-0.05, 0) is 34.7 Å². The number of amides is 1. The predicted octanol–water partition coefficient (Wildman–Crippen LogP) is 1.10. The van der Waals surface area contributed by atoms with Crippen LogP contribution in [0.15, 0.2) is 24.3 Å². The van der Waals surface area contributed by atoms with E-state index in [1.54, 1.807) is 0 Å². The third-order valence-electron chi connectivity index (χ3n) is 2.66. The first-order valence-electron chi connectivity index (χ1n) is 5.63. The Balaban J connectivity index is 1.85. The second-order valence-electron chi connectivity index (χ2n) is 3.85. The number of rotatable bonds is 3. The van der Waals surface area contributed by atoms with Crippen molar-refractivity contribution in [3.63, 3.8) is 0 Å². The lowest BCUT2D eigenvalue weighted by Crippen LogP contribution is -2.47. The highest BCUT2D eigenvalue weighted by molar-refractivity contribution is 14.1. The van der Waals surface area contributed by atoms with Crippen LogP contribution in [0.3, 0.4) is 0 Å². The molecule has 1 heterocycles. The fourth-order valence-electron chi connectivity index (χ4n) is 1.71. The summed E-state index contributed by atoms with van der Waals surface area (Å²) in [6.07, 6.45) is 0. The van der Waals surface area contributed by atoms with Gasteiger partial charge in [-0.15, -0.1) is 0 Å². The zero-order valence-electron chi connectivity index (χ0n) is 9.49. The minimum atomic E-state index is 0.0613. The first-order valence-corrected chi connectivity index (χ1v) is 6.71. The predicted molar refractivity (Wildman–Crippen MR) is 74.1 cm³/mol. The molecule has 4 nitrogen and oxygen atoms in total. The molecule has 1 aromatic carbocycles. The van der Waals surface area contributed by atoms with Crippen LogP contribution in [0.2, 0.25) is 0 Å². The second kappa shape index (κ2) is 6.20. The van der Waals surface area contributed by atoms with Gasteiger partial charge in [0.15, 0.2) is 6.61 Å². The fourth-order valence-corrected chi connectivity index (χ4v) is 2.25. The van der Waals surface area contributed by atoms with Crippen LogP contribution in [0, 0.1) is 3.57 Å². The van der Waals surface area contributed by atoms with Crippen LogP contribution in [0.1, 0.15) is 0 Å². The monoisotopic (exact) mass is 346 g/mol.